The lowest BCUT2D eigenvalue weighted by molar-refractivity contribution is 0.336. The Morgan fingerprint density at radius 2 is 2.32 bits per heavy atom. The molecule has 19 heavy (non-hydrogen) atoms. The van der Waals surface area contributed by atoms with Gasteiger partial charge in [-0.2, -0.15) is 15.2 Å². The molecule has 0 saturated heterocycles. The van der Waals surface area contributed by atoms with Crippen molar-refractivity contribution in [1.82, 2.24) is 30.1 Å². The minimum absolute atomic E-state index is 0.203. The molecule has 0 amide bonds. The van der Waals surface area contributed by atoms with Crippen LogP contribution < -0.4 is 0 Å². The first-order valence-corrected chi connectivity index (χ1v) is 5.93. The van der Waals surface area contributed by atoms with Crippen molar-refractivity contribution in [1.29, 1.82) is 0 Å². The molecule has 7 nitrogen and oxygen atoms in total. The third kappa shape index (κ3) is 2.32. The van der Waals surface area contributed by atoms with Crippen LogP contribution in [0.25, 0.3) is 11.5 Å². The van der Waals surface area contributed by atoms with Crippen molar-refractivity contribution in [2.24, 2.45) is 0 Å². The maximum Gasteiger partial charge on any atom is 0.251 e. The van der Waals surface area contributed by atoms with Gasteiger partial charge in [0.15, 0.2) is 0 Å². The molecule has 8 heteroatoms. The molecule has 0 aliphatic heterocycles. The van der Waals surface area contributed by atoms with Crippen LogP contribution in [0.5, 0.6) is 0 Å². The van der Waals surface area contributed by atoms with Gasteiger partial charge in [-0.3, -0.25) is 4.68 Å². The van der Waals surface area contributed by atoms with Gasteiger partial charge >= 0.3 is 0 Å². The molecule has 1 atom stereocenters. The quantitative estimate of drug-likeness (QED) is 0.727. The van der Waals surface area contributed by atoms with Gasteiger partial charge in [0.2, 0.25) is 5.82 Å². The van der Waals surface area contributed by atoms with Crippen molar-refractivity contribution in [3.8, 4) is 11.5 Å². The number of aromatic nitrogens is 6. The van der Waals surface area contributed by atoms with Gasteiger partial charge in [0.1, 0.15) is 11.7 Å². The van der Waals surface area contributed by atoms with E-state index in [0.29, 0.717) is 22.4 Å². The zero-order chi connectivity index (χ0) is 13.2. The van der Waals surface area contributed by atoms with E-state index in [1.807, 2.05) is 6.92 Å². The highest BCUT2D eigenvalue weighted by atomic mass is 35.5. The molecular weight excluding hydrogens is 268 g/mol. The Balaban J connectivity index is 1.89. The molecule has 0 aliphatic rings. The molecule has 0 aliphatic carbocycles. The Kier molecular flexibility index (Phi) is 2.96. The van der Waals surface area contributed by atoms with Crippen molar-refractivity contribution in [2.75, 3.05) is 0 Å². The fourth-order valence-electron chi connectivity index (χ4n) is 1.57. The molecule has 96 valence electrons. The summed E-state index contributed by atoms with van der Waals surface area (Å²) in [5.41, 5.74) is 0.559. The minimum Gasteiger partial charge on any atom is -0.337 e. The molecular formula is C11H9ClN6O. The van der Waals surface area contributed by atoms with Gasteiger partial charge in [0, 0.05) is 12.4 Å². The lowest BCUT2D eigenvalue weighted by Gasteiger charge is -2.05. The van der Waals surface area contributed by atoms with E-state index in [-0.39, 0.29) is 6.04 Å². The summed E-state index contributed by atoms with van der Waals surface area (Å²) in [5, 5.41) is 16.2. The second-order valence-electron chi connectivity index (χ2n) is 3.88. The third-order valence-electron chi connectivity index (χ3n) is 2.57. The first kappa shape index (κ1) is 11.8. The number of hydrogen-bond acceptors (Lipinski definition) is 6. The van der Waals surface area contributed by atoms with Crippen molar-refractivity contribution >= 4 is 11.6 Å². The maximum atomic E-state index is 5.82. The van der Waals surface area contributed by atoms with Gasteiger partial charge in [0.25, 0.3) is 5.89 Å². The standard InChI is InChI=1S/C11H9ClN6O/c1-7(18-6-8(12)5-14-18)11-15-10(17-19-11)9-3-2-4-13-16-9/h2-7H,1H3/t7-/m1/s1. The molecule has 3 heterocycles. The van der Waals surface area contributed by atoms with E-state index in [4.69, 9.17) is 16.1 Å². The highest BCUT2D eigenvalue weighted by Gasteiger charge is 2.18. The normalized spacial score (nSPS) is 12.5. The van der Waals surface area contributed by atoms with Crippen LogP contribution >= 0.6 is 11.6 Å². The van der Waals surface area contributed by atoms with Gasteiger partial charge in [-0.25, -0.2) is 0 Å². The van der Waals surface area contributed by atoms with Gasteiger partial charge in [0.05, 0.1) is 11.2 Å². The van der Waals surface area contributed by atoms with Crippen LogP contribution in [-0.4, -0.2) is 30.1 Å². The summed E-state index contributed by atoms with van der Waals surface area (Å²) in [5.74, 6) is 0.827. The lowest BCUT2D eigenvalue weighted by Crippen LogP contribution is -2.07. The van der Waals surface area contributed by atoms with Crippen LogP contribution in [0.2, 0.25) is 5.02 Å². The summed E-state index contributed by atoms with van der Waals surface area (Å²) in [6.45, 7) is 1.89. The van der Waals surface area contributed by atoms with E-state index in [1.165, 1.54) is 0 Å². The first-order chi connectivity index (χ1) is 9.24. The smallest absolute Gasteiger partial charge is 0.251 e. The van der Waals surface area contributed by atoms with Crippen LogP contribution in [0.15, 0.2) is 35.2 Å². The van der Waals surface area contributed by atoms with Crippen molar-refractivity contribution in [3.05, 3.63) is 41.6 Å². The second kappa shape index (κ2) is 4.77. The average Bonchev–Trinajstić information content (AvgIpc) is 3.08. The zero-order valence-corrected chi connectivity index (χ0v) is 10.7. The number of nitrogens with zero attached hydrogens (tertiary/aromatic N) is 6. The van der Waals surface area contributed by atoms with Gasteiger partial charge in [-0.1, -0.05) is 16.8 Å². The molecule has 0 radical (unpaired) electrons. The molecule has 3 rings (SSSR count). The van der Waals surface area contributed by atoms with Crippen molar-refractivity contribution in [3.63, 3.8) is 0 Å². The highest BCUT2D eigenvalue weighted by molar-refractivity contribution is 6.30. The molecule has 0 unspecified atom stereocenters. The molecule has 3 aromatic heterocycles. The van der Waals surface area contributed by atoms with Crippen LogP contribution in [0.3, 0.4) is 0 Å². The molecule has 0 saturated carbocycles. The summed E-state index contributed by atoms with van der Waals surface area (Å²) in [7, 11) is 0. The molecule has 0 bridgehead atoms. The van der Waals surface area contributed by atoms with Gasteiger partial charge in [-0.05, 0) is 19.1 Å². The first-order valence-electron chi connectivity index (χ1n) is 5.55. The summed E-state index contributed by atoms with van der Waals surface area (Å²) < 4.78 is 6.86. The largest absolute Gasteiger partial charge is 0.337 e. The fourth-order valence-corrected chi connectivity index (χ4v) is 1.71. The van der Waals surface area contributed by atoms with Crippen LogP contribution in [0, 0.1) is 0 Å². The van der Waals surface area contributed by atoms with E-state index >= 15 is 0 Å². The Morgan fingerprint density at radius 1 is 1.42 bits per heavy atom. The SMILES string of the molecule is C[C@H](c1nc(-c2cccnn2)no1)n1cc(Cl)cn1. The summed E-state index contributed by atoms with van der Waals surface area (Å²) >= 11 is 5.82. The van der Waals surface area contributed by atoms with Crippen LogP contribution in [0.4, 0.5) is 0 Å². The summed E-state index contributed by atoms with van der Waals surface area (Å²) in [6.07, 6.45) is 4.83. The number of rotatable bonds is 3. The summed E-state index contributed by atoms with van der Waals surface area (Å²) in [6, 6.07) is 3.32. The average molecular weight is 277 g/mol. The van der Waals surface area contributed by atoms with E-state index < -0.39 is 0 Å². The Labute approximate surface area is 113 Å². The lowest BCUT2D eigenvalue weighted by atomic mass is 10.3. The van der Waals surface area contributed by atoms with E-state index in [9.17, 15) is 0 Å². The van der Waals surface area contributed by atoms with Crippen molar-refractivity contribution in [2.45, 2.75) is 13.0 Å². The van der Waals surface area contributed by atoms with Crippen LogP contribution in [-0.2, 0) is 0 Å². The predicted octanol–water partition coefficient (Wildman–Crippen LogP) is 1.99. The highest BCUT2D eigenvalue weighted by Crippen LogP contribution is 2.20. The van der Waals surface area contributed by atoms with Crippen LogP contribution in [0.1, 0.15) is 18.9 Å². The molecule has 0 spiro atoms. The van der Waals surface area contributed by atoms with Gasteiger partial charge < -0.3 is 4.52 Å². The van der Waals surface area contributed by atoms with E-state index in [1.54, 1.807) is 35.4 Å². The third-order valence-corrected chi connectivity index (χ3v) is 2.76. The maximum absolute atomic E-state index is 5.82. The summed E-state index contributed by atoms with van der Waals surface area (Å²) in [4.78, 5) is 4.28. The molecule has 0 N–H and O–H groups in total. The molecule has 0 fully saturated rings. The zero-order valence-electron chi connectivity index (χ0n) is 9.93. The minimum atomic E-state index is -0.203. The molecule has 0 aromatic carbocycles. The number of halogens is 1. The number of hydrogen-bond donors (Lipinski definition) is 0. The Bertz CT molecular complexity index is 679. The fraction of sp³-hybridized carbons (Fsp3) is 0.182. The second-order valence-corrected chi connectivity index (χ2v) is 4.32. The van der Waals surface area contributed by atoms with Gasteiger partial charge in [-0.15, -0.1) is 5.10 Å². The van der Waals surface area contributed by atoms with Crippen molar-refractivity contribution < 1.29 is 4.52 Å². The molecule has 3 aromatic rings. The Morgan fingerprint density at radius 3 is 3.00 bits per heavy atom. The monoisotopic (exact) mass is 276 g/mol. The van der Waals surface area contributed by atoms with E-state index in [2.05, 4.69) is 25.4 Å². The van der Waals surface area contributed by atoms with E-state index in [0.717, 1.165) is 0 Å². The Hall–Kier alpha value is -2.28. The topological polar surface area (TPSA) is 82.5 Å². The predicted molar refractivity (Wildman–Crippen MR) is 66.4 cm³/mol.